The van der Waals surface area contributed by atoms with E-state index in [2.05, 4.69) is 0 Å². The van der Waals surface area contributed by atoms with Crippen LogP contribution in [0.1, 0.15) is 17.5 Å². The number of hydrogen-bond acceptors (Lipinski definition) is 2. The summed E-state index contributed by atoms with van der Waals surface area (Å²) in [5.74, 6) is -3.66. The first-order chi connectivity index (χ1) is 11.3. The largest absolute Gasteiger partial charge is 0.490 e. The summed E-state index contributed by atoms with van der Waals surface area (Å²) < 4.78 is 82.2. The maximum atomic E-state index is 13.1. The first-order valence-corrected chi connectivity index (χ1v) is 6.89. The molecule has 25 heavy (non-hydrogen) atoms. The maximum absolute atomic E-state index is 13.1. The zero-order chi connectivity index (χ0) is 19.8. The van der Waals surface area contributed by atoms with Crippen LogP contribution in [0.5, 0.6) is 0 Å². The first kappa shape index (κ1) is 23.2. The number of benzene rings is 1. The van der Waals surface area contributed by atoms with E-state index < -0.39 is 29.7 Å². The summed E-state index contributed by atoms with van der Waals surface area (Å²) in [5.41, 5.74) is 6.65. The van der Waals surface area contributed by atoms with Crippen molar-refractivity contribution in [2.24, 2.45) is 5.73 Å². The highest BCUT2D eigenvalue weighted by molar-refractivity contribution is 6.25. The van der Waals surface area contributed by atoms with Gasteiger partial charge in [-0.25, -0.2) is 9.18 Å². The van der Waals surface area contributed by atoms with Crippen molar-refractivity contribution < 1.29 is 40.6 Å². The fraction of sp³-hybridized carbons (Fsp3) is 0.357. The minimum absolute atomic E-state index is 0.227. The Balaban J connectivity index is 0.000000697. The summed E-state index contributed by atoms with van der Waals surface area (Å²) in [6.07, 6.45) is -8.97. The van der Waals surface area contributed by atoms with E-state index in [4.69, 9.17) is 27.2 Å². The van der Waals surface area contributed by atoms with Gasteiger partial charge in [-0.05, 0) is 42.2 Å². The van der Waals surface area contributed by atoms with Gasteiger partial charge in [0.1, 0.15) is 5.82 Å². The molecule has 0 fully saturated rings. The summed E-state index contributed by atoms with van der Waals surface area (Å²) in [7, 11) is 0. The van der Waals surface area contributed by atoms with Crippen molar-refractivity contribution in [3.8, 4) is 0 Å². The normalized spacial score (nSPS) is 12.4. The van der Waals surface area contributed by atoms with Gasteiger partial charge in [0.2, 0.25) is 0 Å². The number of aliphatic carboxylic acids is 1. The molecule has 11 heteroatoms. The van der Waals surface area contributed by atoms with E-state index in [1.165, 1.54) is 5.54 Å². The Morgan fingerprint density at radius 3 is 2.04 bits per heavy atom. The quantitative estimate of drug-likeness (QED) is 0.738. The molecule has 0 saturated heterocycles. The van der Waals surface area contributed by atoms with Crippen LogP contribution < -0.4 is 5.73 Å². The molecule has 1 aromatic carbocycles. The monoisotopic (exact) mass is 395 g/mol. The molecule has 0 saturated carbocycles. The molecule has 1 rings (SSSR count). The van der Waals surface area contributed by atoms with E-state index >= 15 is 0 Å². The van der Waals surface area contributed by atoms with Crippen molar-refractivity contribution in [1.29, 1.82) is 0 Å². The average molecular weight is 396 g/mol. The van der Waals surface area contributed by atoms with Crippen LogP contribution in [0.25, 0.3) is 0 Å². The number of halogens is 8. The van der Waals surface area contributed by atoms with Crippen LogP contribution in [-0.4, -0.2) is 23.8 Å². The number of hydrogen-bond donors (Lipinski definition) is 2. The fourth-order valence-corrected chi connectivity index (χ4v) is 1.66. The Morgan fingerprint density at radius 2 is 1.68 bits per heavy atom. The van der Waals surface area contributed by atoms with E-state index in [0.717, 1.165) is 12.1 Å². The van der Waals surface area contributed by atoms with Gasteiger partial charge >= 0.3 is 18.3 Å². The summed E-state index contributed by atoms with van der Waals surface area (Å²) in [6.45, 7) is 0.227. The van der Waals surface area contributed by atoms with Crippen LogP contribution in [0, 0.1) is 5.82 Å². The van der Waals surface area contributed by atoms with Crippen LogP contribution in [0.15, 0.2) is 29.3 Å². The predicted molar refractivity (Wildman–Crippen MR) is 76.4 cm³/mol. The lowest BCUT2D eigenvalue weighted by Crippen LogP contribution is -2.21. The molecule has 0 atom stereocenters. The van der Waals surface area contributed by atoms with Crippen molar-refractivity contribution >= 4 is 17.6 Å². The Morgan fingerprint density at radius 1 is 1.16 bits per heavy atom. The highest BCUT2D eigenvalue weighted by atomic mass is 35.5. The number of carboxylic acids is 1. The molecule has 0 aliphatic heterocycles. The minimum atomic E-state index is -5.08. The van der Waals surface area contributed by atoms with Gasteiger partial charge in [-0.2, -0.15) is 26.3 Å². The molecule has 1 aromatic rings. The number of carboxylic acid groups (broad SMARTS) is 1. The highest BCUT2D eigenvalue weighted by Gasteiger charge is 2.38. The Kier molecular flexibility index (Phi) is 8.92. The molecule has 0 aliphatic rings. The lowest BCUT2D eigenvalue weighted by atomic mass is 10.0. The molecule has 142 valence electrons. The molecule has 0 radical (unpaired) electrons. The topological polar surface area (TPSA) is 63.3 Å². The van der Waals surface area contributed by atoms with E-state index in [0.29, 0.717) is 18.1 Å². The first-order valence-electron chi connectivity index (χ1n) is 6.46. The lowest BCUT2D eigenvalue weighted by Gasteiger charge is -2.10. The molecule has 0 unspecified atom stereocenters. The zero-order valence-corrected chi connectivity index (χ0v) is 13.1. The van der Waals surface area contributed by atoms with E-state index in [1.54, 1.807) is 0 Å². The summed E-state index contributed by atoms with van der Waals surface area (Å²) in [4.78, 5) is 8.90. The molecule has 0 aliphatic carbocycles. The molecule has 3 N–H and O–H groups in total. The second-order valence-corrected chi connectivity index (χ2v) is 4.84. The van der Waals surface area contributed by atoms with Gasteiger partial charge in [0.05, 0.1) is 5.56 Å². The van der Waals surface area contributed by atoms with Crippen LogP contribution in [0.4, 0.5) is 30.7 Å². The molecule has 0 aromatic heterocycles. The van der Waals surface area contributed by atoms with Crippen molar-refractivity contribution in [2.45, 2.75) is 25.2 Å². The third kappa shape index (κ3) is 9.30. The number of nitrogens with two attached hydrogens (primary N) is 1. The molecule has 3 nitrogen and oxygen atoms in total. The van der Waals surface area contributed by atoms with Crippen molar-refractivity contribution in [3.63, 3.8) is 0 Å². The molecular formula is C14H13ClF7NO2. The van der Waals surface area contributed by atoms with E-state index in [-0.39, 0.29) is 18.5 Å². The van der Waals surface area contributed by atoms with Gasteiger partial charge in [-0.1, -0.05) is 11.6 Å². The second-order valence-electron chi connectivity index (χ2n) is 4.62. The molecule has 0 heterocycles. The molecule has 0 bridgehead atoms. The van der Waals surface area contributed by atoms with Crippen LogP contribution in [0.3, 0.4) is 0 Å². The third-order valence-electron chi connectivity index (χ3n) is 2.68. The number of rotatable bonds is 4. The van der Waals surface area contributed by atoms with Gasteiger partial charge in [0.25, 0.3) is 0 Å². The van der Waals surface area contributed by atoms with Crippen molar-refractivity contribution in [3.05, 3.63) is 46.3 Å². The van der Waals surface area contributed by atoms with Gasteiger partial charge in [-0.3, -0.25) is 0 Å². The Hall–Kier alpha value is -1.81. The number of aryl methyl sites for hydroxylation is 1. The number of carbonyl (C=O) groups is 1. The van der Waals surface area contributed by atoms with Crippen LogP contribution in [0.2, 0.25) is 0 Å². The molecular weight excluding hydrogens is 383 g/mol. The van der Waals surface area contributed by atoms with E-state index in [9.17, 15) is 30.7 Å². The summed E-state index contributed by atoms with van der Waals surface area (Å²) in [6, 6.07) is 2.49. The highest BCUT2D eigenvalue weighted by Crippen LogP contribution is 2.30. The van der Waals surface area contributed by atoms with Crippen molar-refractivity contribution in [2.75, 3.05) is 6.54 Å². The predicted octanol–water partition coefficient (Wildman–Crippen LogP) is 4.49. The van der Waals surface area contributed by atoms with E-state index in [1.807, 2.05) is 0 Å². The van der Waals surface area contributed by atoms with Crippen molar-refractivity contribution in [1.82, 2.24) is 0 Å². The molecule has 0 amide bonds. The number of alkyl halides is 6. The van der Waals surface area contributed by atoms with Gasteiger partial charge in [-0.15, -0.1) is 0 Å². The third-order valence-corrected chi connectivity index (χ3v) is 2.99. The van der Waals surface area contributed by atoms with Gasteiger partial charge in [0, 0.05) is 12.1 Å². The van der Waals surface area contributed by atoms with Crippen LogP contribution >= 0.6 is 11.6 Å². The molecule has 0 spiro atoms. The summed E-state index contributed by atoms with van der Waals surface area (Å²) >= 11 is 5.47. The summed E-state index contributed by atoms with van der Waals surface area (Å²) in [5, 5.41) is 7.12. The zero-order valence-electron chi connectivity index (χ0n) is 12.4. The maximum Gasteiger partial charge on any atom is 0.490 e. The minimum Gasteiger partial charge on any atom is -0.475 e. The van der Waals surface area contributed by atoms with Crippen LogP contribution in [-0.2, 0) is 17.4 Å². The van der Waals surface area contributed by atoms with Gasteiger partial charge in [0.15, 0.2) is 0 Å². The standard InChI is InChI=1S/C12H12ClF4N.C2HF3O2/c13-6-9(7-18)2-1-8-3-10(12(15,16)17)5-11(14)4-8;3-2(4,5)1(6)7/h3-6H,1-2,7,18H2;(H,6,7). The SMILES string of the molecule is NCC(=CCl)CCc1cc(F)cc(C(F)(F)F)c1.O=C(O)C(F)(F)F. The Labute approximate surface area is 142 Å². The fourth-order valence-electron chi connectivity index (χ4n) is 1.46. The second kappa shape index (κ2) is 9.62. The smallest absolute Gasteiger partial charge is 0.475 e. The Bertz CT molecular complexity index is 612. The van der Waals surface area contributed by atoms with Gasteiger partial charge < -0.3 is 10.8 Å². The lowest BCUT2D eigenvalue weighted by molar-refractivity contribution is -0.192. The average Bonchev–Trinajstić information content (AvgIpc) is 2.46.